The van der Waals surface area contributed by atoms with Crippen molar-refractivity contribution in [2.24, 2.45) is 0 Å². The summed E-state index contributed by atoms with van der Waals surface area (Å²) in [6.07, 6.45) is 4.57. The first-order valence-electron chi connectivity index (χ1n) is 8.35. The Hall–Kier alpha value is -0.850. The number of aromatic nitrogens is 1. The van der Waals surface area contributed by atoms with Crippen LogP contribution in [0.3, 0.4) is 0 Å². The second-order valence-electron chi connectivity index (χ2n) is 6.72. The van der Waals surface area contributed by atoms with Crippen LogP contribution in [0.1, 0.15) is 36.2 Å². The molecule has 8 heteroatoms. The predicted octanol–water partition coefficient (Wildman–Crippen LogP) is 4.66. The fourth-order valence-corrected chi connectivity index (χ4v) is 4.71. The summed E-state index contributed by atoms with van der Waals surface area (Å²) in [6.45, 7) is 0. The molecule has 4 nitrogen and oxygen atoms in total. The van der Waals surface area contributed by atoms with Crippen molar-refractivity contribution in [2.75, 3.05) is 7.05 Å². The van der Waals surface area contributed by atoms with Crippen molar-refractivity contribution in [3.8, 4) is 10.6 Å². The summed E-state index contributed by atoms with van der Waals surface area (Å²) in [6, 6.07) is 9.02. The van der Waals surface area contributed by atoms with Gasteiger partial charge >= 0.3 is 0 Å². The highest BCUT2D eigenvalue weighted by Crippen LogP contribution is 2.31. The molecule has 0 aliphatic carbocycles. The Kier molecular flexibility index (Phi) is 7.34. The predicted molar refractivity (Wildman–Crippen MR) is 112 cm³/mol. The second kappa shape index (κ2) is 8.89. The van der Waals surface area contributed by atoms with E-state index in [0.29, 0.717) is 28.8 Å². The second-order valence-corrected chi connectivity index (χ2v) is 8.02. The normalized spacial score (nSPS) is 23.7. The minimum atomic E-state index is 0. The Bertz CT molecular complexity index is 740. The average Bonchev–Trinajstić information content (AvgIpc) is 3.21. The quantitative estimate of drug-likeness (QED) is 0.764. The van der Waals surface area contributed by atoms with Gasteiger partial charge in [0.2, 0.25) is 0 Å². The van der Waals surface area contributed by atoms with Crippen LogP contribution in [0, 0.1) is 0 Å². The lowest BCUT2D eigenvalue weighted by Crippen LogP contribution is -2.48. The highest BCUT2D eigenvalue weighted by Gasteiger charge is 2.36. The Morgan fingerprint density at radius 2 is 1.81 bits per heavy atom. The SMILES string of the molecule is CN(C(=O)c1csc(-c2ccc(Cl)cc2)n1)C1CC2CCC(C1)N2.Cl.Cl. The summed E-state index contributed by atoms with van der Waals surface area (Å²) in [5, 5.41) is 7.04. The molecule has 1 aromatic heterocycles. The molecule has 26 heavy (non-hydrogen) atoms. The maximum Gasteiger partial charge on any atom is 0.273 e. The maximum atomic E-state index is 12.8. The Balaban J connectivity index is 0.00000121. The van der Waals surface area contributed by atoms with Crippen LogP contribution in [0.15, 0.2) is 29.6 Å². The van der Waals surface area contributed by atoms with E-state index in [9.17, 15) is 4.79 Å². The smallest absolute Gasteiger partial charge is 0.273 e. The zero-order chi connectivity index (χ0) is 16.7. The largest absolute Gasteiger partial charge is 0.337 e. The van der Waals surface area contributed by atoms with Crippen LogP contribution >= 0.6 is 47.8 Å². The Labute approximate surface area is 175 Å². The third-order valence-corrected chi connectivity index (χ3v) is 6.27. The van der Waals surface area contributed by atoms with Gasteiger partial charge in [-0.3, -0.25) is 4.79 Å². The third-order valence-electron chi connectivity index (χ3n) is 5.13. The van der Waals surface area contributed by atoms with Crippen LogP contribution in [0.4, 0.5) is 0 Å². The molecule has 2 unspecified atom stereocenters. The van der Waals surface area contributed by atoms with E-state index in [4.69, 9.17) is 11.6 Å². The first kappa shape index (κ1) is 21.5. The molecule has 1 amide bonds. The minimum Gasteiger partial charge on any atom is -0.337 e. The molecule has 1 aromatic carbocycles. The van der Waals surface area contributed by atoms with E-state index in [1.807, 2.05) is 41.6 Å². The van der Waals surface area contributed by atoms with E-state index in [1.165, 1.54) is 24.2 Å². The van der Waals surface area contributed by atoms with E-state index in [0.717, 1.165) is 23.4 Å². The first-order valence-corrected chi connectivity index (χ1v) is 9.60. The summed E-state index contributed by atoms with van der Waals surface area (Å²) in [5.74, 6) is 0.0257. The van der Waals surface area contributed by atoms with Crippen molar-refractivity contribution in [1.29, 1.82) is 0 Å². The van der Waals surface area contributed by atoms with Crippen molar-refractivity contribution in [3.63, 3.8) is 0 Å². The number of nitrogens with one attached hydrogen (secondary N) is 1. The highest BCUT2D eigenvalue weighted by molar-refractivity contribution is 7.13. The molecule has 3 heterocycles. The number of carbonyl (C=O) groups is 1. The van der Waals surface area contributed by atoms with Crippen LogP contribution in [0.2, 0.25) is 5.02 Å². The summed E-state index contributed by atoms with van der Waals surface area (Å²) < 4.78 is 0. The Morgan fingerprint density at radius 1 is 1.19 bits per heavy atom. The molecule has 2 saturated heterocycles. The van der Waals surface area contributed by atoms with Crippen molar-refractivity contribution in [3.05, 3.63) is 40.4 Å². The molecular weight excluding hydrogens is 413 g/mol. The molecule has 2 aromatic rings. The lowest BCUT2D eigenvalue weighted by atomic mass is 9.98. The number of nitrogens with zero attached hydrogens (tertiary/aromatic N) is 2. The highest BCUT2D eigenvalue weighted by atomic mass is 35.5. The molecule has 2 bridgehead atoms. The monoisotopic (exact) mass is 433 g/mol. The van der Waals surface area contributed by atoms with Gasteiger partial charge in [0, 0.05) is 41.1 Å². The van der Waals surface area contributed by atoms with Crippen LogP contribution in [-0.4, -0.2) is 41.0 Å². The van der Waals surface area contributed by atoms with Gasteiger partial charge < -0.3 is 10.2 Å². The topological polar surface area (TPSA) is 45.2 Å². The fourth-order valence-electron chi connectivity index (χ4n) is 3.79. The number of halogens is 3. The summed E-state index contributed by atoms with van der Waals surface area (Å²) in [5.41, 5.74) is 1.53. The molecule has 142 valence electrons. The van der Waals surface area contributed by atoms with Gasteiger partial charge in [-0.25, -0.2) is 4.98 Å². The molecule has 0 saturated carbocycles. The van der Waals surface area contributed by atoms with Crippen molar-refractivity contribution in [1.82, 2.24) is 15.2 Å². The van der Waals surface area contributed by atoms with Crippen LogP contribution in [0.25, 0.3) is 10.6 Å². The van der Waals surface area contributed by atoms with Gasteiger partial charge in [0.1, 0.15) is 10.7 Å². The molecular formula is C18H22Cl3N3OS. The minimum absolute atomic E-state index is 0. The summed E-state index contributed by atoms with van der Waals surface area (Å²) in [4.78, 5) is 19.2. The van der Waals surface area contributed by atoms with Crippen molar-refractivity contribution in [2.45, 2.75) is 43.8 Å². The molecule has 2 aliphatic heterocycles. The van der Waals surface area contributed by atoms with Gasteiger partial charge in [0.15, 0.2) is 0 Å². The van der Waals surface area contributed by atoms with E-state index in [-0.39, 0.29) is 30.7 Å². The fraction of sp³-hybridized carbons (Fsp3) is 0.444. The maximum absolute atomic E-state index is 12.8. The Morgan fingerprint density at radius 3 is 2.42 bits per heavy atom. The van der Waals surface area contributed by atoms with E-state index >= 15 is 0 Å². The van der Waals surface area contributed by atoms with Crippen LogP contribution in [0.5, 0.6) is 0 Å². The summed E-state index contributed by atoms with van der Waals surface area (Å²) in [7, 11) is 1.92. The van der Waals surface area contributed by atoms with Gasteiger partial charge in [-0.15, -0.1) is 36.2 Å². The number of benzene rings is 1. The number of hydrogen-bond acceptors (Lipinski definition) is 4. The third kappa shape index (κ3) is 4.34. The average molecular weight is 435 g/mol. The number of hydrogen-bond donors (Lipinski definition) is 1. The molecule has 0 spiro atoms. The zero-order valence-electron chi connectivity index (χ0n) is 14.4. The lowest BCUT2D eigenvalue weighted by Gasteiger charge is -2.35. The van der Waals surface area contributed by atoms with E-state index in [1.54, 1.807) is 0 Å². The number of thiazole rings is 1. The number of amides is 1. The molecule has 0 radical (unpaired) electrons. The first-order chi connectivity index (χ1) is 11.6. The van der Waals surface area contributed by atoms with Gasteiger partial charge in [-0.05, 0) is 37.8 Å². The van der Waals surface area contributed by atoms with Crippen molar-refractivity contribution >= 4 is 53.7 Å². The summed E-state index contributed by atoms with van der Waals surface area (Å²) >= 11 is 7.43. The number of piperidine rings is 1. The molecule has 2 fully saturated rings. The van der Waals surface area contributed by atoms with Gasteiger partial charge in [-0.1, -0.05) is 23.7 Å². The molecule has 2 atom stereocenters. The lowest BCUT2D eigenvalue weighted by molar-refractivity contribution is 0.0676. The van der Waals surface area contributed by atoms with E-state index < -0.39 is 0 Å². The number of carbonyl (C=O) groups excluding carboxylic acids is 1. The molecule has 4 rings (SSSR count). The molecule has 1 N–H and O–H groups in total. The van der Waals surface area contributed by atoms with Gasteiger partial charge in [-0.2, -0.15) is 0 Å². The molecule has 2 aliphatic rings. The number of fused-ring (bicyclic) bond motifs is 2. The number of rotatable bonds is 3. The zero-order valence-corrected chi connectivity index (χ0v) is 17.6. The van der Waals surface area contributed by atoms with E-state index in [2.05, 4.69) is 10.3 Å². The van der Waals surface area contributed by atoms with Gasteiger partial charge in [0.05, 0.1) is 0 Å². The standard InChI is InChI=1S/C18H20ClN3OS.2ClH/c1-22(15-8-13-6-7-14(9-15)20-13)18(23)16-10-24-17(21-16)11-2-4-12(19)5-3-11;;/h2-5,10,13-15,20H,6-9H2,1H3;2*1H. The van der Waals surface area contributed by atoms with Crippen LogP contribution < -0.4 is 5.32 Å². The van der Waals surface area contributed by atoms with Crippen LogP contribution in [-0.2, 0) is 0 Å². The van der Waals surface area contributed by atoms with Crippen molar-refractivity contribution < 1.29 is 4.79 Å². The van der Waals surface area contributed by atoms with Gasteiger partial charge in [0.25, 0.3) is 5.91 Å².